The summed E-state index contributed by atoms with van der Waals surface area (Å²) in [5, 5.41) is 12.7. The summed E-state index contributed by atoms with van der Waals surface area (Å²) in [4.78, 5) is 40.8. The number of amides is 2. The van der Waals surface area contributed by atoms with Gasteiger partial charge in [-0.15, -0.1) is 0 Å². The Kier molecular flexibility index (Phi) is 6.02. The van der Waals surface area contributed by atoms with Crippen molar-refractivity contribution in [3.63, 3.8) is 0 Å². The van der Waals surface area contributed by atoms with Crippen LogP contribution in [0.1, 0.15) is 19.3 Å². The van der Waals surface area contributed by atoms with E-state index in [2.05, 4.69) is 4.90 Å². The molecule has 0 N–H and O–H groups in total. The number of nitro benzene ring substituents is 1. The molecule has 162 valence electrons. The van der Waals surface area contributed by atoms with Crippen LogP contribution in [0, 0.1) is 10.1 Å². The molecule has 31 heavy (non-hydrogen) atoms. The number of nitro groups is 1. The first-order chi connectivity index (χ1) is 14.8. The van der Waals surface area contributed by atoms with Crippen LogP contribution in [-0.4, -0.2) is 42.9 Å². The molecule has 2 aromatic rings. The molecule has 10 heteroatoms. The lowest BCUT2D eigenvalue weighted by Crippen LogP contribution is -2.46. The van der Waals surface area contributed by atoms with Gasteiger partial charge in [0.25, 0.3) is 5.69 Å². The van der Waals surface area contributed by atoms with Gasteiger partial charge >= 0.3 is 0 Å². The number of anilines is 3. The molecule has 2 saturated heterocycles. The molecule has 8 nitrogen and oxygen atoms in total. The minimum Gasteiger partial charge on any atom is -0.368 e. The van der Waals surface area contributed by atoms with Crippen LogP contribution in [0.2, 0.25) is 10.0 Å². The number of benzene rings is 2. The van der Waals surface area contributed by atoms with Gasteiger partial charge in [-0.1, -0.05) is 23.2 Å². The summed E-state index contributed by atoms with van der Waals surface area (Å²) < 4.78 is 0. The van der Waals surface area contributed by atoms with Crippen LogP contribution in [0.5, 0.6) is 0 Å². The normalized spacial score (nSPS) is 17.3. The van der Waals surface area contributed by atoms with Gasteiger partial charge in [0.05, 0.1) is 20.7 Å². The van der Waals surface area contributed by atoms with E-state index in [0.29, 0.717) is 48.3 Å². The number of piperazine rings is 1. The van der Waals surface area contributed by atoms with E-state index in [-0.39, 0.29) is 36.0 Å². The van der Waals surface area contributed by atoms with E-state index in [1.54, 1.807) is 18.2 Å². The molecule has 0 saturated carbocycles. The Morgan fingerprint density at radius 1 is 0.806 bits per heavy atom. The van der Waals surface area contributed by atoms with E-state index in [4.69, 9.17) is 23.2 Å². The highest BCUT2D eigenvalue weighted by Gasteiger charge is 2.31. The van der Waals surface area contributed by atoms with Crippen LogP contribution in [0.3, 0.4) is 0 Å². The van der Waals surface area contributed by atoms with Crippen molar-refractivity contribution in [2.45, 2.75) is 19.3 Å². The number of rotatable bonds is 4. The monoisotopic (exact) mass is 462 g/mol. The lowest BCUT2D eigenvalue weighted by Gasteiger charge is -2.37. The molecule has 2 amide bonds. The van der Waals surface area contributed by atoms with Gasteiger partial charge in [-0.05, 0) is 36.8 Å². The minimum atomic E-state index is -0.469. The predicted octanol–water partition coefficient (Wildman–Crippen LogP) is 4.27. The molecule has 4 rings (SSSR count). The van der Waals surface area contributed by atoms with E-state index in [1.807, 2.05) is 17.0 Å². The second kappa shape index (κ2) is 8.72. The second-order valence-corrected chi connectivity index (χ2v) is 8.29. The summed E-state index contributed by atoms with van der Waals surface area (Å²) in [5.41, 5.74) is 1.55. The molecule has 2 heterocycles. The van der Waals surface area contributed by atoms with Gasteiger partial charge in [0.2, 0.25) is 11.8 Å². The average Bonchev–Trinajstić information content (AvgIpc) is 2.75. The first-order valence-corrected chi connectivity index (χ1v) is 10.7. The van der Waals surface area contributed by atoms with Crippen molar-refractivity contribution in [3.8, 4) is 0 Å². The van der Waals surface area contributed by atoms with Crippen molar-refractivity contribution < 1.29 is 14.5 Å². The molecule has 0 bridgehead atoms. The lowest BCUT2D eigenvalue weighted by atomic mass is 10.1. The maximum absolute atomic E-state index is 12.2. The first-order valence-electron chi connectivity index (χ1n) is 9.94. The Morgan fingerprint density at radius 3 is 2.03 bits per heavy atom. The summed E-state index contributed by atoms with van der Waals surface area (Å²) in [6, 6.07) is 10.0. The lowest BCUT2D eigenvalue weighted by molar-refractivity contribution is -0.384. The largest absolute Gasteiger partial charge is 0.368 e. The Morgan fingerprint density at radius 2 is 1.42 bits per heavy atom. The smallest absolute Gasteiger partial charge is 0.294 e. The summed E-state index contributed by atoms with van der Waals surface area (Å²) in [5.74, 6) is -0.651. The van der Waals surface area contributed by atoms with Crippen molar-refractivity contribution in [2.75, 3.05) is 40.9 Å². The van der Waals surface area contributed by atoms with Crippen LogP contribution in [-0.2, 0) is 9.59 Å². The Bertz CT molecular complexity index is 1040. The van der Waals surface area contributed by atoms with E-state index >= 15 is 0 Å². The van der Waals surface area contributed by atoms with Crippen LogP contribution < -0.4 is 14.7 Å². The van der Waals surface area contributed by atoms with Gasteiger partial charge in [0, 0.05) is 50.8 Å². The minimum absolute atomic E-state index is 0.119. The molecule has 0 aromatic heterocycles. The van der Waals surface area contributed by atoms with Crippen molar-refractivity contribution >= 4 is 57.8 Å². The summed E-state index contributed by atoms with van der Waals surface area (Å²) in [6.45, 7) is 2.45. The quantitative estimate of drug-likeness (QED) is 0.383. The molecule has 0 spiro atoms. The Labute approximate surface area is 189 Å². The fraction of sp³-hybridized carbons (Fsp3) is 0.333. The Balaban J connectivity index is 1.54. The van der Waals surface area contributed by atoms with E-state index in [0.717, 1.165) is 10.6 Å². The SMILES string of the molecule is O=C1CCCC(=O)N1c1ccc(N2CCN(c3ccc(Cl)c(Cl)c3)CC2)c([N+](=O)[O-])c1. The van der Waals surface area contributed by atoms with E-state index in [1.165, 1.54) is 6.07 Å². The van der Waals surface area contributed by atoms with Gasteiger partial charge in [0.15, 0.2) is 0 Å². The van der Waals surface area contributed by atoms with Crippen molar-refractivity contribution in [1.82, 2.24) is 0 Å². The number of nitrogens with zero attached hydrogens (tertiary/aromatic N) is 4. The third kappa shape index (κ3) is 4.31. The van der Waals surface area contributed by atoms with Gasteiger partial charge in [-0.2, -0.15) is 0 Å². The fourth-order valence-electron chi connectivity index (χ4n) is 3.99. The van der Waals surface area contributed by atoms with Crippen LogP contribution in [0.25, 0.3) is 0 Å². The van der Waals surface area contributed by atoms with Crippen LogP contribution >= 0.6 is 23.2 Å². The topological polar surface area (TPSA) is 87.0 Å². The number of carbonyl (C=O) groups excluding carboxylic acids is 2. The molecule has 2 aliphatic heterocycles. The Hall–Kier alpha value is -2.84. The average molecular weight is 463 g/mol. The maximum Gasteiger partial charge on any atom is 0.294 e. The van der Waals surface area contributed by atoms with Crippen molar-refractivity contribution in [1.29, 1.82) is 0 Å². The predicted molar refractivity (Wildman–Crippen MR) is 120 cm³/mol. The highest BCUT2D eigenvalue weighted by Crippen LogP contribution is 2.35. The highest BCUT2D eigenvalue weighted by atomic mass is 35.5. The second-order valence-electron chi connectivity index (χ2n) is 7.48. The molecular formula is C21H20Cl2N4O4. The number of carbonyl (C=O) groups is 2. The van der Waals surface area contributed by atoms with Crippen molar-refractivity contribution in [3.05, 3.63) is 56.6 Å². The molecular weight excluding hydrogens is 443 g/mol. The van der Waals surface area contributed by atoms with Gasteiger partial charge in [0.1, 0.15) is 5.69 Å². The van der Waals surface area contributed by atoms with Gasteiger partial charge in [-0.25, -0.2) is 0 Å². The number of halogens is 2. The molecule has 0 radical (unpaired) electrons. The fourth-order valence-corrected chi connectivity index (χ4v) is 4.29. The summed E-state index contributed by atoms with van der Waals surface area (Å²) in [6.07, 6.45) is 1.04. The standard InChI is InChI=1S/C21H20Cl2N4O4/c22-16-6-4-14(12-17(16)23)24-8-10-25(11-9-24)18-7-5-15(13-19(18)27(30)31)26-20(28)2-1-3-21(26)29/h4-7,12-13H,1-3,8-11H2. The zero-order chi connectivity index (χ0) is 22.1. The van der Waals surface area contributed by atoms with Crippen LogP contribution in [0.4, 0.5) is 22.7 Å². The molecule has 0 unspecified atom stereocenters. The number of hydrogen-bond donors (Lipinski definition) is 0. The van der Waals surface area contributed by atoms with Crippen molar-refractivity contribution in [2.24, 2.45) is 0 Å². The number of piperidine rings is 1. The van der Waals surface area contributed by atoms with E-state index < -0.39 is 4.92 Å². The zero-order valence-corrected chi connectivity index (χ0v) is 18.1. The first kappa shape index (κ1) is 21.4. The number of hydrogen-bond acceptors (Lipinski definition) is 6. The molecule has 0 aliphatic carbocycles. The molecule has 2 aliphatic rings. The molecule has 0 atom stereocenters. The third-order valence-electron chi connectivity index (χ3n) is 5.58. The molecule has 2 fully saturated rings. The maximum atomic E-state index is 12.2. The highest BCUT2D eigenvalue weighted by molar-refractivity contribution is 6.42. The molecule has 2 aromatic carbocycles. The van der Waals surface area contributed by atoms with Gasteiger partial charge < -0.3 is 9.80 Å². The number of imide groups is 1. The third-order valence-corrected chi connectivity index (χ3v) is 6.32. The zero-order valence-electron chi connectivity index (χ0n) is 16.6. The van der Waals surface area contributed by atoms with Gasteiger partial charge in [-0.3, -0.25) is 24.6 Å². The summed E-state index contributed by atoms with van der Waals surface area (Å²) >= 11 is 12.1. The van der Waals surface area contributed by atoms with Crippen LogP contribution in [0.15, 0.2) is 36.4 Å². The summed E-state index contributed by atoms with van der Waals surface area (Å²) in [7, 11) is 0. The van der Waals surface area contributed by atoms with E-state index in [9.17, 15) is 19.7 Å².